The number of allylic oxidation sites excluding steroid dienone is 2. The van der Waals surface area contributed by atoms with E-state index in [1.807, 2.05) is 66.8 Å². The van der Waals surface area contributed by atoms with E-state index in [0.717, 1.165) is 34.3 Å². The van der Waals surface area contributed by atoms with E-state index < -0.39 is 0 Å². The van der Waals surface area contributed by atoms with Gasteiger partial charge in [0.2, 0.25) is 0 Å². The van der Waals surface area contributed by atoms with Crippen LogP contribution in [0.5, 0.6) is 0 Å². The van der Waals surface area contributed by atoms with Gasteiger partial charge in [-0.3, -0.25) is 19.8 Å². The van der Waals surface area contributed by atoms with Gasteiger partial charge < -0.3 is 11.1 Å². The maximum atomic E-state index is 13.7. The van der Waals surface area contributed by atoms with Gasteiger partial charge in [0.1, 0.15) is 21.7 Å². The van der Waals surface area contributed by atoms with Gasteiger partial charge >= 0.3 is 0 Å². The lowest BCUT2D eigenvalue weighted by Crippen LogP contribution is -2.47. The molecule has 3 aromatic heterocycles. The minimum absolute atomic E-state index is 0.0974. The quantitative estimate of drug-likeness (QED) is 0.338. The Morgan fingerprint density at radius 1 is 1.31 bits per heavy atom. The Morgan fingerprint density at radius 3 is 2.88 bits per heavy atom. The van der Waals surface area contributed by atoms with Gasteiger partial charge in [0.15, 0.2) is 0 Å². The van der Waals surface area contributed by atoms with Crippen LogP contribution in [0.4, 0.5) is 11.6 Å². The van der Waals surface area contributed by atoms with Crippen molar-refractivity contribution in [1.29, 1.82) is 5.41 Å². The molecule has 0 saturated heterocycles. The Kier molecular flexibility index (Phi) is 6.17. The van der Waals surface area contributed by atoms with Gasteiger partial charge in [-0.05, 0) is 71.9 Å². The van der Waals surface area contributed by atoms with Gasteiger partial charge in [-0.2, -0.15) is 0 Å². The lowest BCUT2D eigenvalue weighted by molar-refractivity contribution is 0.850. The highest BCUT2D eigenvalue weighted by Crippen LogP contribution is 2.21. The number of nitrogens with two attached hydrogens (primary N) is 1. The van der Waals surface area contributed by atoms with Crippen molar-refractivity contribution in [2.24, 2.45) is 0 Å². The Bertz CT molecular complexity index is 1440. The number of anilines is 2. The second-order valence-electron chi connectivity index (χ2n) is 7.39. The van der Waals surface area contributed by atoms with Crippen molar-refractivity contribution in [3.05, 3.63) is 80.6 Å². The normalized spacial score (nSPS) is 12.7. The molecule has 4 N–H and O–H groups in total. The molecule has 4 rings (SSSR count). The Hall–Kier alpha value is -3.34. The van der Waals surface area contributed by atoms with Crippen LogP contribution in [0, 0.1) is 12.3 Å². The van der Waals surface area contributed by atoms with Crippen molar-refractivity contribution in [3.8, 4) is 5.69 Å². The van der Waals surface area contributed by atoms with Crippen molar-refractivity contribution >= 4 is 49.6 Å². The number of hydrogen-bond donors (Lipinski definition) is 3. The Labute approximate surface area is 198 Å². The molecule has 3 aromatic rings. The molecule has 0 fully saturated rings. The van der Waals surface area contributed by atoms with E-state index in [1.54, 1.807) is 10.8 Å². The summed E-state index contributed by atoms with van der Waals surface area (Å²) in [6.07, 6.45) is 9.92. The smallest absolute Gasteiger partial charge is 0.263 e. The third kappa shape index (κ3) is 4.07. The minimum atomic E-state index is -0.0974. The molecule has 0 atom stereocenters. The van der Waals surface area contributed by atoms with Gasteiger partial charge in [-0.25, -0.2) is 9.97 Å². The lowest BCUT2D eigenvalue weighted by atomic mass is 10.1. The van der Waals surface area contributed by atoms with Crippen LogP contribution in [0.25, 0.3) is 17.3 Å². The van der Waals surface area contributed by atoms with Crippen LogP contribution >= 0.6 is 22.6 Å². The molecule has 1 aliphatic carbocycles. The molecule has 8 nitrogen and oxygen atoms in total. The van der Waals surface area contributed by atoms with Crippen molar-refractivity contribution in [2.45, 2.75) is 26.8 Å². The second kappa shape index (κ2) is 9.03. The fourth-order valence-electron chi connectivity index (χ4n) is 3.79. The molecule has 0 unspecified atom stereocenters. The summed E-state index contributed by atoms with van der Waals surface area (Å²) in [4.78, 5) is 26.4. The van der Waals surface area contributed by atoms with Crippen LogP contribution in [0.1, 0.15) is 30.3 Å². The van der Waals surface area contributed by atoms with Crippen LogP contribution < -0.4 is 27.0 Å². The monoisotopic (exact) mass is 539 g/mol. The summed E-state index contributed by atoms with van der Waals surface area (Å²) in [6, 6.07) is 5.73. The third-order valence-electron chi connectivity index (χ3n) is 5.30. The topological polar surface area (TPSA) is 123 Å². The minimum Gasteiger partial charge on any atom is -0.383 e. The average molecular weight is 539 g/mol. The zero-order valence-corrected chi connectivity index (χ0v) is 19.8. The average Bonchev–Trinajstić information content (AvgIpc) is 2.94. The number of nitrogens with one attached hydrogen (secondary N) is 2. The van der Waals surface area contributed by atoms with Gasteiger partial charge in [0.25, 0.3) is 5.56 Å². The predicted molar refractivity (Wildman–Crippen MR) is 136 cm³/mol. The molecule has 9 heteroatoms. The summed E-state index contributed by atoms with van der Waals surface area (Å²) in [7, 11) is 0. The van der Waals surface area contributed by atoms with Crippen LogP contribution in [-0.4, -0.2) is 23.2 Å². The summed E-state index contributed by atoms with van der Waals surface area (Å²) >= 11 is 1.88. The van der Waals surface area contributed by atoms with Crippen LogP contribution in [0.2, 0.25) is 0 Å². The van der Waals surface area contributed by atoms with Gasteiger partial charge in [0, 0.05) is 11.9 Å². The summed E-state index contributed by atoms with van der Waals surface area (Å²) < 4.78 is 1.93. The number of pyridine rings is 2. The second-order valence-corrected chi connectivity index (χ2v) is 8.47. The summed E-state index contributed by atoms with van der Waals surface area (Å²) in [6.45, 7) is 4.13. The van der Waals surface area contributed by atoms with E-state index in [-0.39, 0.29) is 15.1 Å². The first-order chi connectivity index (χ1) is 15.4. The SMILES string of the molecule is CC1=c2c(cc(CNc3ncnc(N)c3C(=N)I)n(-c3cccnc3C)c2=O)=CCC=C1. The molecule has 0 aliphatic heterocycles. The summed E-state index contributed by atoms with van der Waals surface area (Å²) in [5.74, 6) is 0.677. The molecule has 0 aromatic carbocycles. The number of aromatic nitrogens is 4. The van der Waals surface area contributed by atoms with E-state index in [1.165, 1.54) is 6.33 Å². The fraction of sp³-hybridized carbons (Fsp3) is 0.174. The van der Waals surface area contributed by atoms with Gasteiger partial charge in [0.05, 0.1) is 28.7 Å². The molecule has 3 heterocycles. The number of hydrogen-bond acceptors (Lipinski definition) is 7. The summed E-state index contributed by atoms with van der Waals surface area (Å²) in [5, 5.41) is 12.9. The number of fused-ring (bicyclic) bond motifs is 1. The molecular weight excluding hydrogens is 517 g/mol. The number of halogens is 1. The van der Waals surface area contributed by atoms with Crippen molar-refractivity contribution in [2.75, 3.05) is 11.1 Å². The number of rotatable bonds is 5. The molecule has 0 saturated carbocycles. The first-order valence-corrected chi connectivity index (χ1v) is 11.1. The maximum Gasteiger partial charge on any atom is 0.263 e. The standard InChI is InChI=1S/C23H22IN7O/c1-13-6-3-4-7-15-10-16(11-28-22-19(20(24)25)21(26)29-12-30-22)31(23(32)18(13)15)17-8-5-9-27-14(17)2/h3,5-10,12,25H,4,11H2,1-2H3,(H3,26,28,29,30). The fourth-order valence-corrected chi connectivity index (χ4v) is 4.32. The number of nitrogens with zero attached hydrogens (tertiary/aromatic N) is 4. The van der Waals surface area contributed by atoms with Crippen LogP contribution in [0.3, 0.4) is 0 Å². The zero-order chi connectivity index (χ0) is 22.8. The summed E-state index contributed by atoms with van der Waals surface area (Å²) in [5.41, 5.74) is 9.46. The van der Waals surface area contributed by atoms with Crippen LogP contribution in [-0.2, 0) is 6.54 Å². The molecule has 0 amide bonds. The highest BCUT2D eigenvalue weighted by molar-refractivity contribution is 14.1. The maximum absolute atomic E-state index is 13.7. The van der Waals surface area contributed by atoms with Crippen molar-refractivity contribution in [1.82, 2.24) is 19.5 Å². The van der Waals surface area contributed by atoms with E-state index in [2.05, 4.69) is 26.3 Å². The van der Waals surface area contributed by atoms with E-state index >= 15 is 0 Å². The van der Waals surface area contributed by atoms with Gasteiger partial charge in [-0.1, -0.05) is 18.2 Å². The van der Waals surface area contributed by atoms with Crippen molar-refractivity contribution in [3.63, 3.8) is 0 Å². The predicted octanol–water partition coefficient (Wildman–Crippen LogP) is 2.20. The van der Waals surface area contributed by atoms with Gasteiger partial charge in [-0.15, -0.1) is 0 Å². The highest BCUT2D eigenvalue weighted by atomic mass is 127. The molecule has 162 valence electrons. The van der Waals surface area contributed by atoms with E-state index in [4.69, 9.17) is 11.1 Å². The number of nitrogen functional groups attached to an aromatic ring is 1. The lowest BCUT2D eigenvalue weighted by Gasteiger charge is -2.17. The molecule has 0 spiro atoms. The van der Waals surface area contributed by atoms with E-state index in [0.29, 0.717) is 23.1 Å². The largest absolute Gasteiger partial charge is 0.383 e. The number of aryl methyl sites for hydroxylation is 1. The Balaban J connectivity index is 1.93. The molecular formula is C23H22IN7O. The molecule has 1 aliphatic rings. The third-order valence-corrected chi connectivity index (χ3v) is 5.84. The molecule has 0 radical (unpaired) electrons. The molecule has 0 bridgehead atoms. The van der Waals surface area contributed by atoms with Crippen molar-refractivity contribution < 1.29 is 0 Å². The zero-order valence-electron chi connectivity index (χ0n) is 17.7. The highest BCUT2D eigenvalue weighted by Gasteiger charge is 2.16. The first kappa shape index (κ1) is 21.9. The molecule has 32 heavy (non-hydrogen) atoms. The van der Waals surface area contributed by atoms with Crippen LogP contribution in [0.15, 0.2) is 47.7 Å². The Morgan fingerprint density at radius 2 is 2.12 bits per heavy atom. The van der Waals surface area contributed by atoms with E-state index in [9.17, 15) is 4.79 Å². The first-order valence-electron chi connectivity index (χ1n) is 10.0.